The Hall–Kier alpha value is -3.30. The van der Waals surface area contributed by atoms with E-state index in [1.54, 1.807) is 0 Å². The fraction of sp³-hybridized carbons (Fsp3) is 0.0800. The van der Waals surface area contributed by atoms with Gasteiger partial charge in [-0.1, -0.05) is 48.0 Å². The highest BCUT2D eigenvalue weighted by Gasteiger charge is 2.23. The number of benzene rings is 4. The summed E-state index contributed by atoms with van der Waals surface area (Å²) in [5.74, 6) is 0.882. The maximum absolute atomic E-state index is 6.69. The van der Waals surface area contributed by atoms with Crippen LogP contribution < -0.4 is 0 Å². The van der Waals surface area contributed by atoms with Crippen LogP contribution in [0.1, 0.15) is 11.1 Å². The van der Waals surface area contributed by atoms with Gasteiger partial charge in [0, 0.05) is 11.1 Å². The molecule has 7 rings (SSSR count). The molecule has 2 aromatic heterocycles. The largest absolute Gasteiger partial charge is 0.280 e. The van der Waals surface area contributed by atoms with Gasteiger partial charge in [0.15, 0.2) is 0 Å². The Kier molecular flexibility index (Phi) is 2.90. The fourth-order valence-electron chi connectivity index (χ4n) is 5.06. The lowest BCUT2D eigenvalue weighted by atomic mass is 10.0. The van der Waals surface area contributed by atoms with Crippen LogP contribution >= 0.6 is 11.6 Å². The van der Waals surface area contributed by atoms with Gasteiger partial charge in [-0.2, -0.15) is 0 Å². The summed E-state index contributed by atoms with van der Waals surface area (Å²) in [6, 6.07) is 25.5. The van der Waals surface area contributed by atoms with E-state index in [0.717, 1.165) is 40.4 Å². The number of hydrogen-bond acceptors (Lipinski definition) is 1. The van der Waals surface area contributed by atoms with Crippen LogP contribution in [-0.4, -0.2) is 14.0 Å². The van der Waals surface area contributed by atoms with Crippen molar-refractivity contribution in [3.8, 4) is 5.69 Å². The first kappa shape index (κ1) is 15.6. The molecule has 6 aromatic rings. The van der Waals surface area contributed by atoms with Gasteiger partial charge in [-0.25, -0.2) is 4.98 Å². The predicted molar refractivity (Wildman–Crippen MR) is 119 cm³/mol. The number of halogens is 1. The summed E-state index contributed by atoms with van der Waals surface area (Å²) in [5.41, 5.74) is 8.21. The summed E-state index contributed by atoms with van der Waals surface area (Å²) in [4.78, 5) is 5.02. The topological polar surface area (TPSA) is 22.2 Å². The number of rotatable bonds is 1. The van der Waals surface area contributed by atoms with Gasteiger partial charge < -0.3 is 0 Å². The third-order valence-electron chi connectivity index (χ3n) is 6.26. The average molecular weight is 394 g/mol. The number of para-hydroxylation sites is 2. The van der Waals surface area contributed by atoms with E-state index in [2.05, 4.69) is 57.5 Å². The number of aryl methyl sites for hydroxylation is 2. The number of aromatic nitrogens is 3. The van der Waals surface area contributed by atoms with E-state index in [1.165, 1.54) is 32.9 Å². The van der Waals surface area contributed by atoms with Crippen molar-refractivity contribution >= 4 is 50.2 Å². The molecule has 0 radical (unpaired) electrons. The lowest BCUT2D eigenvalue weighted by Crippen LogP contribution is -2.06. The van der Waals surface area contributed by atoms with Crippen molar-refractivity contribution in [1.82, 2.24) is 14.0 Å². The summed E-state index contributed by atoms with van der Waals surface area (Å²) in [6.07, 6.45) is 2.22. The molecule has 2 heterocycles. The van der Waals surface area contributed by atoms with Gasteiger partial charge in [0.05, 0.1) is 27.1 Å². The highest BCUT2D eigenvalue weighted by molar-refractivity contribution is 6.35. The minimum Gasteiger partial charge on any atom is -0.280 e. The summed E-state index contributed by atoms with van der Waals surface area (Å²) >= 11 is 6.69. The molecule has 138 valence electrons. The minimum absolute atomic E-state index is 0.723. The molecule has 0 bridgehead atoms. The van der Waals surface area contributed by atoms with Gasteiger partial charge in [-0.05, 0) is 65.8 Å². The van der Waals surface area contributed by atoms with E-state index in [4.69, 9.17) is 16.6 Å². The molecule has 0 saturated heterocycles. The first-order valence-electron chi connectivity index (χ1n) is 9.91. The summed E-state index contributed by atoms with van der Waals surface area (Å²) in [5, 5.41) is 3.43. The molecule has 0 saturated carbocycles. The van der Waals surface area contributed by atoms with E-state index in [0.29, 0.717) is 0 Å². The van der Waals surface area contributed by atoms with Gasteiger partial charge in [0.2, 0.25) is 5.78 Å². The van der Waals surface area contributed by atoms with E-state index in [1.807, 2.05) is 24.3 Å². The smallest absolute Gasteiger partial charge is 0.220 e. The van der Waals surface area contributed by atoms with Crippen molar-refractivity contribution in [3.05, 3.63) is 88.9 Å². The van der Waals surface area contributed by atoms with Crippen molar-refractivity contribution in [2.75, 3.05) is 0 Å². The molecule has 0 fully saturated rings. The summed E-state index contributed by atoms with van der Waals surface area (Å²) in [7, 11) is 0. The number of imidazole rings is 1. The fourth-order valence-corrected chi connectivity index (χ4v) is 5.31. The van der Waals surface area contributed by atoms with E-state index in [-0.39, 0.29) is 0 Å². The van der Waals surface area contributed by atoms with Gasteiger partial charge in [-0.3, -0.25) is 8.97 Å². The third-order valence-corrected chi connectivity index (χ3v) is 6.56. The van der Waals surface area contributed by atoms with Crippen molar-refractivity contribution in [2.45, 2.75) is 12.8 Å². The lowest BCUT2D eigenvalue weighted by Gasteiger charge is -2.18. The highest BCUT2D eigenvalue weighted by Crippen LogP contribution is 2.40. The number of hydrogen-bond donors (Lipinski definition) is 0. The van der Waals surface area contributed by atoms with Crippen LogP contribution in [0.15, 0.2) is 72.8 Å². The Labute approximate surface area is 171 Å². The molecule has 0 amide bonds. The van der Waals surface area contributed by atoms with Gasteiger partial charge in [-0.15, -0.1) is 0 Å². The zero-order valence-electron chi connectivity index (χ0n) is 15.6. The van der Waals surface area contributed by atoms with E-state index in [9.17, 15) is 0 Å². The maximum Gasteiger partial charge on any atom is 0.220 e. The van der Waals surface area contributed by atoms with Crippen LogP contribution in [0.5, 0.6) is 0 Å². The average Bonchev–Trinajstić information content (AvgIpc) is 3.35. The molecule has 0 N–H and O–H groups in total. The zero-order valence-corrected chi connectivity index (χ0v) is 16.3. The van der Waals surface area contributed by atoms with Crippen LogP contribution in [0.2, 0.25) is 5.02 Å². The molecule has 4 aromatic carbocycles. The molecular weight excluding hydrogens is 378 g/mol. The predicted octanol–water partition coefficient (Wildman–Crippen LogP) is 6.34. The quantitative estimate of drug-likeness (QED) is 0.319. The maximum atomic E-state index is 6.69. The minimum atomic E-state index is 0.723. The molecule has 4 heteroatoms. The standard InChI is InChI=1S/C25H16ClN3/c26-18-7-4-8-19-24(18)29-21-14-12-16-10-9-15-11-13-20(23(21)22(15)16)28(25(29)27-19)17-5-2-1-3-6-17/h1-8,11-14H,9-10H2. The Balaban J connectivity index is 1.86. The molecule has 1 aliphatic carbocycles. The lowest BCUT2D eigenvalue weighted by molar-refractivity contribution is 1.02. The third kappa shape index (κ3) is 1.91. The van der Waals surface area contributed by atoms with E-state index >= 15 is 0 Å². The Morgan fingerprint density at radius 1 is 0.724 bits per heavy atom. The van der Waals surface area contributed by atoms with Crippen molar-refractivity contribution in [2.24, 2.45) is 0 Å². The van der Waals surface area contributed by atoms with Gasteiger partial charge in [0.1, 0.15) is 0 Å². The first-order chi connectivity index (χ1) is 14.3. The molecule has 0 unspecified atom stereocenters. The van der Waals surface area contributed by atoms with Crippen LogP contribution in [-0.2, 0) is 12.8 Å². The van der Waals surface area contributed by atoms with Crippen molar-refractivity contribution in [1.29, 1.82) is 0 Å². The molecule has 29 heavy (non-hydrogen) atoms. The van der Waals surface area contributed by atoms with Crippen LogP contribution in [0, 0.1) is 0 Å². The van der Waals surface area contributed by atoms with Crippen molar-refractivity contribution in [3.63, 3.8) is 0 Å². The normalized spacial score (nSPS) is 13.4. The molecule has 0 spiro atoms. The second kappa shape index (κ2) is 5.40. The number of fused-ring (bicyclic) bond motifs is 4. The molecular formula is C25H16ClN3. The van der Waals surface area contributed by atoms with Crippen LogP contribution in [0.4, 0.5) is 0 Å². The molecule has 0 atom stereocenters. The van der Waals surface area contributed by atoms with Crippen LogP contribution in [0.25, 0.3) is 44.3 Å². The molecule has 3 nitrogen and oxygen atoms in total. The van der Waals surface area contributed by atoms with E-state index < -0.39 is 0 Å². The Morgan fingerprint density at radius 2 is 1.48 bits per heavy atom. The Morgan fingerprint density at radius 3 is 2.28 bits per heavy atom. The van der Waals surface area contributed by atoms with Gasteiger partial charge in [0.25, 0.3) is 0 Å². The van der Waals surface area contributed by atoms with Crippen molar-refractivity contribution < 1.29 is 0 Å². The monoisotopic (exact) mass is 393 g/mol. The summed E-state index contributed by atoms with van der Waals surface area (Å²) < 4.78 is 4.50. The second-order valence-corrected chi connectivity index (χ2v) is 8.17. The zero-order chi connectivity index (χ0) is 19.1. The Bertz CT molecular complexity index is 1600. The van der Waals surface area contributed by atoms with Crippen LogP contribution in [0.3, 0.4) is 0 Å². The summed E-state index contributed by atoms with van der Waals surface area (Å²) in [6.45, 7) is 0. The molecule has 0 aliphatic heterocycles. The molecule has 1 aliphatic rings. The second-order valence-electron chi connectivity index (χ2n) is 7.76. The first-order valence-corrected chi connectivity index (χ1v) is 10.3. The van der Waals surface area contributed by atoms with Gasteiger partial charge >= 0.3 is 0 Å². The highest BCUT2D eigenvalue weighted by atomic mass is 35.5. The number of nitrogens with zero attached hydrogens (tertiary/aromatic N) is 3. The SMILES string of the molecule is Clc1cccc2nc3n(-c4ccccc4)c4ccc5c6c(ccc(c64)n3c12)CC5.